The summed E-state index contributed by atoms with van der Waals surface area (Å²) in [5.74, 6) is 0.0772. The monoisotopic (exact) mass is 386 g/mol. The Bertz CT molecular complexity index is 641. The molecule has 98 valence electrons. The van der Waals surface area contributed by atoms with Crippen molar-refractivity contribution in [1.29, 1.82) is 0 Å². The number of hydrogen-bond acceptors (Lipinski definition) is 2. The van der Waals surface area contributed by atoms with Gasteiger partial charge in [0.25, 0.3) is 0 Å². The van der Waals surface area contributed by atoms with Crippen molar-refractivity contribution in [3.05, 3.63) is 62.3 Å². The Hall–Kier alpha value is -1.20. The first-order valence-corrected chi connectivity index (χ1v) is 6.95. The number of carbonyl (C=O) groups excluding carboxylic acids is 1. The highest BCUT2D eigenvalue weighted by Gasteiger charge is 2.13. The van der Waals surface area contributed by atoms with Crippen LogP contribution in [0.2, 0.25) is 0 Å². The summed E-state index contributed by atoms with van der Waals surface area (Å²) in [6, 6.07) is 9.24. The minimum Gasteiger partial charge on any atom is -0.496 e. The van der Waals surface area contributed by atoms with Crippen LogP contribution < -0.4 is 4.74 Å². The van der Waals surface area contributed by atoms with E-state index in [-0.39, 0.29) is 10.3 Å². The second kappa shape index (κ2) is 5.84. The first kappa shape index (κ1) is 14.2. The molecule has 0 aliphatic rings. The molecule has 0 fully saturated rings. The van der Waals surface area contributed by atoms with Gasteiger partial charge in [-0.25, -0.2) is 4.39 Å². The van der Waals surface area contributed by atoms with E-state index in [9.17, 15) is 9.18 Å². The number of halogens is 3. The number of hydrogen-bond donors (Lipinski definition) is 0. The highest BCUT2D eigenvalue weighted by molar-refractivity contribution is 9.10. The molecule has 0 atom stereocenters. The largest absolute Gasteiger partial charge is 0.496 e. The highest BCUT2D eigenvalue weighted by Crippen LogP contribution is 2.27. The average Bonchev–Trinajstić information content (AvgIpc) is 2.41. The maximum Gasteiger partial charge on any atom is 0.193 e. The van der Waals surface area contributed by atoms with Crippen molar-refractivity contribution in [3.63, 3.8) is 0 Å². The standard InChI is InChI=1S/C14H9Br2FO2/c1-19-13-5-3-9(7-11(13)16)14(18)8-2-4-12(17)10(15)6-8/h2-7H,1H3. The first-order valence-electron chi connectivity index (χ1n) is 5.36. The van der Waals surface area contributed by atoms with E-state index in [0.29, 0.717) is 21.3 Å². The Morgan fingerprint density at radius 3 is 2.16 bits per heavy atom. The summed E-state index contributed by atoms with van der Waals surface area (Å²) in [5, 5.41) is 0. The van der Waals surface area contributed by atoms with Crippen molar-refractivity contribution in [2.24, 2.45) is 0 Å². The number of benzene rings is 2. The topological polar surface area (TPSA) is 26.3 Å². The third-order valence-electron chi connectivity index (χ3n) is 2.60. The molecule has 19 heavy (non-hydrogen) atoms. The van der Waals surface area contributed by atoms with Crippen molar-refractivity contribution in [1.82, 2.24) is 0 Å². The molecule has 5 heteroatoms. The fourth-order valence-corrected chi connectivity index (χ4v) is 2.53. The Balaban J connectivity index is 2.38. The van der Waals surface area contributed by atoms with Gasteiger partial charge in [-0.3, -0.25) is 4.79 Å². The zero-order valence-electron chi connectivity index (χ0n) is 9.91. The predicted molar refractivity (Wildman–Crippen MR) is 78.2 cm³/mol. The van der Waals surface area contributed by atoms with E-state index in [1.54, 1.807) is 25.3 Å². The third kappa shape index (κ3) is 3.04. The van der Waals surface area contributed by atoms with Gasteiger partial charge < -0.3 is 4.74 Å². The van der Waals surface area contributed by atoms with E-state index in [2.05, 4.69) is 31.9 Å². The van der Waals surface area contributed by atoms with Crippen LogP contribution >= 0.6 is 31.9 Å². The minimum absolute atomic E-state index is 0.177. The first-order chi connectivity index (χ1) is 9.02. The summed E-state index contributed by atoms with van der Waals surface area (Å²) in [6.07, 6.45) is 0. The maximum atomic E-state index is 13.1. The molecule has 2 rings (SSSR count). The smallest absolute Gasteiger partial charge is 0.193 e. The SMILES string of the molecule is COc1ccc(C(=O)c2ccc(F)c(Br)c2)cc1Br. The van der Waals surface area contributed by atoms with Gasteiger partial charge in [-0.15, -0.1) is 0 Å². The molecule has 0 bridgehead atoms. The van der Waals surface area contributed by atoms with Gasteiger partial charge in [0.2, 0.25) is 0 Å². The number of rotatable bonds is 3. The van der Waals surface area contributed by atoms with Crippen molar-refractivity contribution < 1.29 is 13.9 Å². The molecule has 0 radical (unpaired) electrons. The summed E-state index contributed by atoms with van der Waals surface area (Å²) in [5.41, 5.74) is 0.927. The summed E-state index contributed by atoms with van der Waals surface area (Å²) in [7, 11) is 1.55. The Morgan fingerprint density at radius 1 is 1.05 bits per heavy atom. The molecule has 0 amide bonds. The molecule has 0 aliphatic carbocycles. The Kier molecular flexibility index (Phi) is 4.37. The number of ketones is 1. The van der Waals surface area contributed by atoms with Crippen molar-refractivity contribution in [2.45, 2.75) is 0 Å². The van der Waals surface area contributed by atoms with Crippen molar-refractivity contribution in [3.8, 4) is 5.75 Å². The van der Waals surface area contributed by atoms with Gasteiger partial charge in [0.1, 0.15) is 11.6 Å². The van der Waals surface area contributed by atoms with Crippen LogP contribution in [0, 0.1) is 5.82 Å². The molecule has 0 aliphatic heterocycles. The van der Waals surface area contributed by atoms with Crippen LogP contribution in [0.25, 0.3) is 0 Å². The van der Waals surface area contributed by atoms with Crippen molar-refractivity contribution in [2.75, 3.05) is 7.11 Å². The lowest BCUT2D eigenvalue weighted by atomic mass is 10.0. The number of methoxy groups -OCH3 is 1. The van der Waals surface area contributed by atoms with Crippen LogP contribution in [0.4, 0.5) is 4.39 Å². The van der Waals surface area contributed by atoms with Gasteiger partial charge in [0.15, 0.2) is 5.78 Å². The lowest BCUT2D eigenvalue weighted by molar-refractivity contribution is 0.103. The molecule has 0 saturated heterocycles. The van der Waals surface area contributed by atoms with Crippen LogP contribution in [-0.2, 0) is 0 Å². The van der Waals surface area contributed by atoms with Crippen LogP contribution in [-0.4, -0.2) is 12.9 Å². The maximum absolute atomic E-state index is 13.1. The molecule has 0 N–H and O–H groups in total. The predicted octanol–water partition coefficient (Wildman–Crippen LogP) is 4.59. The van der Waals surface area contributed by atoms with Crippen molar-refractivity contribution >= 4 is 37.6 Å². The fourth-order valence-electron chi connectivity index (χ4n) is 1.61. The summed E-state index contributed by atoms with van der Waals surface area (Å²) in [4.78, 5) is 12.3. The van der Waals surface area contributed by atoms with Gasteiger partial charge in [-0.05, 0) is 68.3 Å². The second-order valence-corrected chi connectivity index (χ2v) is 5.52. The zero-order chi connectivity index (χ0) is 14.0. The van der Waals surface area contributed by atoms with E-state index in [4.69, 9.17) is 4.74 Å². The molecule has 0 saturated carbocycles. The van der Waals surface area contributed by atoms with Gasteiger partial charge >= 0.3 is 0 Å². The van der Waals surface area contributed by atoms with Crippen LogP contribution in [0.1, 0.15) is 15.9 Å². The third-order valence-corrected chi connectivity index (χ3v) is 3.82. The summed E-state index contributed by atoms with van der Waals surface area (Å²) >= 11 is 6.40. The molecule has 0 aromatic heterocycles. The van der Waals surface area contributed by atoms with Crippen LogP contribution in [0.15, 0.2) is 45.3 Å². The summed E-state index contributed by atoms with van der Waals surface area (Å²) in [6.45, 7) is 0. The van der Waals surface area contributed by atoms with E-state index in [0.717, 1.165) is 0 Å². The van der Waals surface area contributed by atoms with Crippen LogP contribution in [0.3, 0.4) is 0 Å². The lowest BCUT2D eigenvalue weighted by Crippen LogP contribution is -2.02. The van der Waals surface area contributed by atoms with E-state index < -0.39 is 5.82 Å². The number of ether oxygens (including phenoxy) is 1. The fraction of sp³-hybridized carbons (Fsp3) is 0.0714. The molecule has 2 aromatic carbocycles. The zero-order valence-corrected chi connectivity index (χ0v) is 13.1. The quantitative estimate of drug-likeness (QED) is 0.720. The molecule has 0 unspecified atom stereocenters. The lowest BCUT2D eigenvalue weighted by Gasteiger charge is -2.06. The van der Waals surface area contributed by atoms with E-state index in [1.807, 2.05) is 0 Å². The molecule has 0 heterocycles. The minimum atomic E-state index is -0.396. The molecular weight excluding hydrogens is 379 g/mol. The Morgan fingerprint density at radius 2 is 1.63 bits per heavy atom. The van der Waals surface area contributed by atoms with Gasteiger partial charge in [-0.2, -0.15) is 0 Å². The molecule has 2 nitrogen and oxygen atoms in total. The average molecular weight is 388 g/mol. The van der Waals surface area contributed by atoms with E-state index in [1.165, 1.54) is 18.2 Å². The van der Waals surface area contributed by atoms with Gasteiger partial charge in [0.05, 0.1) is 16.1 Å². The summed E-state index contributed by atoms with van der Waals surface area (Å²) < 4.78 is 19.2. The van der Waals surface area contributed by atoms with Gasteiger partial charge in [-0.1, -0.05) is 0 Å². The molecule has 0 spiro atoms. The number of carbonyl (C=O) groups is 1. The molecular formula is C14H9Br2FO2. The van der Waals surface area contributed by atoms with E-state index >= 15 is 0 Å². The normalized spacial score (nSPS) is 10.3. The molecule has 2 aromatic rings. The highest BCUT2D eigenvalue weighted by atomic mass is 79.9. The second-order valence-electron chi connectivity index (χ2n) is 3.81. The van der Waals surface area contributed by atoms with Crippen LogP contribution in [0.5, 0.6) is 5.75 Å². The van der Waals surface area contributed by atoms with Gasteiger partial charge in [0, 0.05) is 11.1 Å². The Labute approximate surface area is 126 Å².